The first-order chi connectivity index (χ1) is 30.7. The van der Waals surface area contributed by atoms with Gasteiger partial charge in [-0.3, -0.25) is 15.1 Å². The number of allylic oxidation sites excluding steroid dienone is 6. The first-order valence-corrected chi connectivity index (χ1v) is 25.6. The van der Waals surface area contributed by atoms with Crippen molar-refractivity contribution in [2.45, 2.75) is 44.8 Å². The molecule has 0 saturated heterocycles. The fourth-order valence-corrected chi connectivity index (χ4v) is 25.9. The minimum absolute atomic E-state index is 0.0120. The van der Waals surface area contributed by atoms with Crippen LogP contribution in [0, 0.1) is 189 Å². The third-order valence-electron chi connectivity index (χ3n) is 25.3. The van der Waals surface area contributed by atoms with E-state index < -0.39 is 11.7 Å². The van der Waals surface area contributed by atoms with Gasteiger partial charge in [0.05, 0.1) is 27.9 Å². The van der Waals surface area contributed by atoms with Crippen LogP contribution in [0.1, 0.15) is 42.4 Å². The van der Waals surface area contributed by atoms with Crippen LogP contribution in [-0.4, -0.2) is 16.7 Å². The summed E-state index contributed by atoms with van der Waals surface area (Å²) >= 11 is 0. The third-order valence-corrected chi connectivity index (χ3v) is 25.3. The number of hydrogen-bond donors (Lipinski definition) is 0. The maximum Gasteiger partial charge on any atom is 0.416 e. The van der Waals surface area contributed by atoms with E-state index in [0.29, 0.717) is 76.2 Å². The van der Waals surface area contributed by atoms with Gasteiger partial charge >= 0.3 is 6.18 Å². The van der Waals surface area contributed by atoms with E-state index in [1.807, 2.05) is 30.7 Å². The summed E-state index contributed by atoms with van der Waals surface area (Å²) in [5.74, 6) is 20.8. The van der Waals surface area contributed by atoms with Crippen molar-refractivity contribution in [3.63, 3.8) is 0 Å². The Morgan fingerprint density at radius 3 is 1.81 bits per heavy atom. The number of nitrogens with zero attached hydrogens (tertiary/aromatic N) is 3. The number of aryl methyl sites for hydroxylation is 1. The molecule has 1 aliphatic heterocycles. The van der Waals surface area contributed by atoms with Gasteiger partial charge < -0.3 is 0 Å². The molecule has 320 valence electrons. The van der Waals surface area contributed by atoms with E-state index in [1.54, 1.807) is 12.1 Å². The zero-order valence-corrected chi connectivity index (χ0v) is 35.3. The molecule has 0 N–H and O–H groups in total. The first-order valence-electron chi connectivity index (χ1n) is 25.6. The van der Waals surface area contributed by atoms with Gasteiger partial charge in [0.15, 0.2) is 0 Å². The topological polar surface area (TPSA) is 58.7 Å². The molecule has 12 saturated carbocycles. The standard InChI is InChI=1S/C55H52F3N3O2/c1-17-14-18(16-19(15-17)55(56,57)58)53-52-38-28-12-10-26-24-8-6-22-23-7-9-25-27-11-13-29-37-35(27)42-33(25)31(23)40-30(22)32(24)41-34(26)36(28)43-45(38)46(44(37)51-49(42)47(40)48(41)50(43)51)39(29)54(52)60(59-53)20-2-4-21(5-3-20)61(62)63/h2-6,8,10,12,14-16,22-40,42-47,49-52,54H,7,9,11,13H2,1H3. The zero-order chi connectivity index (χ0) is 40.9. The Hall–Kier alpha value is -3.68. The number of rotatable bonds is 3. The van der Waals surface area contributed by atoms with Gasteiger partial charge in [-0.2, -0.15) is 18.3 Å². The smallest absolute Gasteiger partial charge is 0.261 e. The number of hydrogen-bond acceptors (Lipinski definition) is 4. The van der Waals surface area contributed by atoms with Crippen molar-refractivity contribution in [3.8, 4) is 0 Å². The summed E-state index contributed by atoms with van der Waals surface area (Å²) in [6.07, 6.45) is 12.3. The molecule has 0 aromatic heterocycles. The van der Waals surface area contributed by atoms with Crippen LogP contribution in [0.2, 0.25) is 0 Å². The molecule has 0 radical (unpaired) electrons. The van der Waals surface area contributed by atoms with Gasteiger partial charge in [0.1, 0.15) is 0 Å². The molecule has 30 atom stereocenters. The van der Waals surface area contributed by atoms with E-state index >= 15 is 0 Å². The Labute approximate surface area is 365 Å². The van der Waals surface area contributed by atoms with Gasteiger partial charge in [-0.25, -0.2) is 0 Å². The largest absolute Gasteiger partial charge is 0.416 e. The molecule has 12 fully saturated rings. The molecule has 63 heavy (non-hydrogen) atoms. The van der Waals surface area contributed by atoms with Gasteiger partial charge in [-0.05, 0) is 234 Å². The molecule has 8 heteroatoms. The highest BCUT2D eigenvalue weighted by atomic mass is 19.4. The molecule has 30 unspecified atom stereocenters. The minimum atomic E-state index is -4.46. The fraction of sp³-hybridized carbons (Fsp3) is 0.655. The van der Waals surface area contributed by atoms with E-state index in [-0.39, 0.29) is 22.6 Å². The molecule has 17 aliphatic rings. The van der Waals surface area contributed by atoms with Crippen LogP contribution in [0.5, 0.6) is 0 Å². The van der Waals surface area contributed by atoms with Crippen LogP contribution in [0.3, 0.4) is 0 Å². The molecule has 0 bridgehead atoms. The SMILES string of the molecule is Cc1cc(C2=NN(c3ccc([N+](=O)[O-])cc3)C3C2C2C4C=CC5C6C=CC7C8CCC9C%10CCC%11C%12C%10C%10C9C8C8C9C%13=C(C6C78)C5C4C4C%13C(C9%10)C%12C(C24)C%113)cc(C(F)(F)F)c1. The van der Waals surface area contributed by atoms with Crippen molar-refractivity contribution in [2.24, 2.45) is 177 Å². The summed E-state index contributed by atoms with van der Waals surface area (Å²) in [5.41, 5.74) is 6.65. The van der Waals surface area contributed by atoms with Crippen LogP contribution in [-0.2, 0) is 6.18 Å². The molecule has 0 amide bonds. The molecule has 2 aromatic carbocycles. The number of alkyl halides is 3. The lowest BCUT2D eigenvalue weighted by Gasteiger charge is -2.61. The molecule has 2 aromatic rings. The second-order valence-corrected chi connectivity index (χ2v) is 25.3. The molecular weight excluding hydrogens is 792 g/mol. The van der Waals surface area contributed by atoms with Crippen molar-refractivity contribution in [1.29, 1.82) is 0 Å². The lowest BCUT2D eigenvalue weighted by molar-refractivity contribution is -0.384. The molecular formula is C55H52F3N3O2. The molecule has 19 rings (SSSR count). The summed E-state index contributed by atoms with van der Waals surface area (Å²) in [7, 11) is 0. The zero-order valence-electron chi connectivity index (χ0n) is 35.3. The fourth-order valence-electron chi connectivity index (χ4n) is 25.9. The Morgan fingerprint density at radius 1 is 0.571 bits per heavy atom. The number of nitro groups is 1. The van der Waals surface area contributed by atoms with Gasteiger partial charge in [0.25, 0.3) is 5.69 Å². The average molecular weight is 844 g/mol. The minimum Gasteiger partial charge on any atom is -0.261 e. The Morgan fingerprint density at radius 2 is 1.10 bits per heavy atom. The predicted molar refractivity (Wildman–Crippen MR) is 227 cm³/mol. The number of anilines is 1. The summed E-state index contributed by atoms with van der Waals surface area (Å²) in [5, 5.41) is 20.0. The average Bonchev–Trinajstić information content (AvgIpc) is 4.14. The van der Waals surface area contributed by atoms with Crippen LogP contribution in [0.4, 0.5) is 24.5 Å². The first kappa shape index (κ1) is 33.7. The maximum absolute atomic E-state index is 14.8. The van der Waals surface area contributed by atoms with Crippen LogP contribution < -0.4 is 5.01 Å². The van der Waals surface area contributed by atoms with Crippen molar-refractivity contribution in [2.75, 3.05) is 5.01 Å². The number of halogens is 3. The van der Waals surface area contributed by atoms with Gasteiger partial charge in [-0.1, -0.05) is 41.5 Å². The van der Waals surface area contributed by atoms with E-state index in [0.717, 1.165) is 112 Å². The highest BCUT2D eigenvalue weighted by molar-refractivity contribution is 6.06. The van der Waals surface area contributed by atoms with Crippen LogP contribution in [0.15, 0.2) is 83.0 Å². The third kappa shape index (κ3) is 3.20. The molecule has 16 aliphatic carbocycles. The number of nitro benzene ring substituents is 1. The highest BCUT2D eigenvalue weighted by Crippen LogP contribution is 2.91. The van der Waals surface area contributed by atoms with E-state index in [2.05, 4.69) is 34.9 Å². The number of non-ortho nitro benzene ring substituents is 1. The lowest BCUT2D eigenvalue weighted by atomic mass is 9.43. The lowest BCUT2D eigenvalue weighted by Crippen LogP contribution is -2.60. The predicted octanol–water partition coefficient (Wildman–Crippen LogP) is 10.6. The van der Waals surface area contributed by atoms with Crippen molar-refractivity contribution in [3.05, 3.63) is 105 Å². The summed E-state index contributed by atoms with van der Waals surface area (Å²) in [6.45, 7) is 1.82. The van der Waals surface area contributed by atoms with E-state index in [1.165, 1.54) is 37.8 Å². The Bertz CT molecular complexity index is 2740. The Balaban J connectivity index is 0.902. The number of benzene rings is 2. The monoisotopic (exact) mass is 843 g/mol. The van der Waals surface area contributed by atoms with Crippen LogP contribution >= 0.6 is 0 Å². The van der Waals surface area contributed by atoms with Crippen LogP contribution in [0.25, 0.3) is 0 Å². The second kappa shape index (κ2) is 10.0. The van der Waals surface area contributed by atoms with E-state index in [4.69, 9.17) is 5.10 Å². The normalized spacial score (nSPS) is 60.1. The number of hydrazone groups is 1. The Kier molecular flexibility index (Phi) is 5.37. The molecule has 0 spiro atoms. The molecule has 5 nitrogen and oxygen atoms in total. The quantitative estimate of drug-likeness (QED) is 0.176. The van der Waals surface area contributed by atoms with Gasteiger partial charge in [-0.15, -0.1) is 0 Å². The van der Waals surface area contributed by atoms with Crippen molar-refractivity contribution in [1.82, 2.24) is 0 Å². The summed E-state index contributed by atoms with van der Waals surface area (Å²) in [4.78, 5) is 11.7. The summed E-state index contributed by atoms with van der Waals surface area (Å²) < 4.78 is 44.5. The second-order valence-electron chi connectivity index (χ2n) is 25.3. The highest BCUT2D eigenvalue weighted by Gasteiger charge is 2.88. The van der Waals surface area contributed by atoms with Crippen molar-refractivity contribution < 1.29 is 18.1 Å². The molecule has 1 heterocycles. The van der Waals surface area contributed by atoms with Gasteiger partial charge in [0, 0.05) is 18.1 Å². The number of fused-ring (bicyclic) bond motifs is 8. The maximum atomic E-state index is 14.8. The van der Waals surface area contributed by atoms with Gasteiger partial charge in [0.2, 0.25) is 0 Å². The van der Waals surface area contributed by atoms with E-state index in [9.17, 15) is 23.3 Å². The summed E-state index contributed by atoms with van der Waals surface area (Å²) in [6, 6.07) is 11.8. The van der Waals surface area contributed by atoms with Crippen molar-refractivity contribution >= 4 is 17.1 Å².